The van der Waals surface area contributed by atoms with Gasteiger partial charge in [0.25, 0.3) is 0 Å². The highest BCUT2D eigenvalue weighted by molar-refractivity contribution is 4.99. The highest BCUT2D eigenvalue weighted by atomic mass is 16.3. The third-order valence-electron chi connectivity index (χ3n) is 3.81. The number of aliphatic hydroxyl groups is 1. The number of aromatic nitrogens is 2. The van der Waals surface area contributed by atoms with Crippen LogP contribution < -0.4 is 5.32 Å². The van der Waals surface area contributed by atoms with E-state index in [1.54, 1.807) is 0 Å². The lowest BCUT2D eigenvalue weighted by Crippen LogP contribution is -2.28. The van der Waals surface area contributed by atoms with Crippen molar-refractivity contribution in [2.45, 2.75) is 58.2 Å². The Balaban J connectivity index is 1.75. The van der Waals surface area contributed by atoms with Crippen LogP contribution in [-0.2, 0) is 6.54 Å². The monoisotopic (exact) mass is 251 g/mol. The summed E-state index contributed by atoms with van der Waals surface area (Å²) in [5, 5.41) is 17.6. The maximum atomic E-state index is 9.75. The van der Waals surface area contributed by atoms with Gasteiger partial charge in [-0.05, 0) is 37.7 Å². The van der Waals surface area contributed by atoms with Crippen molar-refractivity contribution in [3.8, 4) is 0 Å². The van der Waals surface area contributed by atoms with Crippen LogP contribution in [0.4, 0.5) is 0 Å². The van der Waals surface area contributed by atoms with Crippen molar-refractivity contribution in [2.75, 3.05) is 6.54 Å². The van der Waals surface area contributed by atoms with Gasteiger partial charge in [-0.1, -0.05) is 13.8 Å². The van der Waals surface area contributed by atoms with E-state index in [4.69, 9.17) is 0 Å². The van der Waals surface area contributed by atoms with E-state index < -0.39 is 0 Å². The summed E-state index contributed by atoms with van der Waals surface area (Å²) in [5.74, 6) is 0.541. The van der Waals surface area contributed by atoms with Gasteiger partial charge in [-0.25, -0.2) is 0 Å². The van der Waals surface area contributed by atoms with E-state index in [1.165, 1.54) is 12.8 Å². The summed E-state index contributed by atoms with van der Waals surface area (Å²) in [7, 11) is 0. The van der Waals surface area contributed by atoms with Crippen LogP contribution in [0.5, 0.6) is 0 Å². The van der Waals surface area contributed by atoms with E-state index in [0.29, 0.717) is 18.5 Å². The lowest BCUT2D eigenvalue weighted by atomic mass is 10.2. The predicted octanol–water partition coefficient (Wildman–Crippen LogP) is 2.10. The average molecular weight is 251 g/mol. The van der Waals surface area contributed by atoms with Crippen LogP contribution in [-0.4, -0.2) is 27.5 Å². The van der Waals surface area contributed by atoms with Crippen LogP contribution >= 0.6 is 0 Å². The summed E-state index contributed by atoms with van der Waals surface area (Å²) >= 11 is 0. The van der Waals surface area contributed by atoms with Gasteiger partial charge in [0.1, 0.15) is 0 Å². The molecule has 0 spiro atoms. The van der Waals surface area contributed by atoms with Crippen LogP contribution in [0.2, 0.25) is 0 Å². The Morgan fingerprint density at radius 1 is 1.44 bits per heavy atom. The summed E-state index contributed by atoms with van der Waals surface area (Å²) in [4.78, 5) is 0. The molecular weight excluding hydrogens is 226 g/mol. The van der Waals surface area contributed by atoms with E-state index in [1.807, 2.05) is 0 Å². The molecule has 1 heterocycles. The van der Waals surface area contributed by atoms with Crippen LogP contribution in [0.1, 0.15) is 51.3 Å². The quantitative estimate of drug-likeness (QED) is 0.744. The molecule has 0 aromatic carbocycles. The minimum atomic E-state index is -0.175. The van der Waals surface area contributed by atoms with Crippen LogP contribution in [0.15, 0.2) is 12.3 Å². The molecule has 4 nitrogen and oxygen atoms in total. The molecule has 1 fully saturated rings. The zero-order valence-electron chi connectivity index (χ0n) is 11.5. The minimum absolute atomic E-state index is 0.175. The maximum Gasteiger partial charge on any atom is 0.0762 e. The number of hydrogen-bond donors (Lipinski definition) is 2. The molecule has 0 radical (unpaired) electrons. The molecule has 0 saturated heterocycles. The van der Waals surface area contributed by atoms with Crippen LogP contribution in [0, 0.1) is 5.92 Å². The molecule has 18 heavy (non-hydrogen) atoms. The predicted molar refractivity (Wildman–Crippen MR) is 72.3 cm³/mol. The Labute approximate surface area is 109 Å². The van der Waals surface area contributed by atoms with E-state index in [2.05, 4.69) is 41.2 Å². The van der Waals surface area contributed by atoms with Gasteiger partial charge in [-0.2, -0.15) is 5.10 Å². The molecule has 2 rings (SSSR count). The highest BCUT2D eigenvalue weighted by Gasteiger charge is 2.29. The normalized spacial score (nSPS) is 17.3. The van der Waals surface area contributed by atoms with Gasteiger partial charge < -0.3 is 10.4 Å². The van der Waals surface area contributed by atoms with Gasteiger partial charge >= 0.3 is 0 Å². The minimum Gasteiger partial charge on any atom is -0.392 e. The van der Waals surface area contributed by atoms with Crippen molar-refractivity contribution in [3.05, 3.63) is 18.0 Å². The number of aliphatic hydroxyl groups excluding tert-OH is 1. The van der Waals surface area contributed by atoms with Crippen molar-refractivity contribution < 1.29 is 5.11 Å². The fourth-order valence-corrected chi connectivity index (χ4v) is 2.33. The zero-order valence-corrected chi connectivity index (χ0v) is 11.5. The molecule has 0 amide bonds. The SMILES string of the molecule is CCC(CC)n1ccc(CNCC(O)C2CC2)n1. The molecule has 2 N–H and O–H groups in total. The largest absolute Gasteiger partial charge is 0.392 e. The van der Waals surface area contributed by atoms with Crippen molar-refractivity contribution >= 4 is 0 Å². The summed E-state index contributed by atoms with van der Waals surface area (Å²) < 4.78 is 2.06. The van der Waals surface area contributed by atoms with Crippen molar-refractivity contribution in [1.82, 2.24) is 15.1 Å². The van der Waals surface area contributed by atoms with E-state index >= 15 is 0 Å². The third kappa shape index (κ3) is 3.56. The lowest BCUT2D eigenvalue weighted by Gasteiger charge is -2.12. The van der Waals surface area contributed by atoms with Gasteiger partial charge in [-0.3, -0.25) is 4.68 Å². The number of nitrogens with zero attached hydrogens (tertiary/aromatic N) is 2. The molecule has 0 bridgehead atoms. The second-order valence-corrected chi connectivity index (χ2v) is 5.29. The smallest absolute Gasteiger partial charge is 0.0762 e. The second-order valence-electron chi connectivity index (χ2n) is 5.29. The fraction of sp³-hybridized carbons (Fsp3) is 0.786. The summed E-state index contributed by atoms with van der Waals surface area (Å²) in [6, 6.07) is 2.57. The van der Waals surface area contributed by atoms with Crippen molar-refractivity contribution in [1.29, 1.82) is 0 Å². The average Bonchev–Trinajstić information content (AvgIpc) is 3.13. The Kier molecular flexibility index (Phi) is 4.78. The van der Waals surface area contributed by atoms with Gasteiger partial charge in [0, 0.05) is 19.3 Å². The van der Waals surface area contributed by atoms with Gasteiger partial charge in [0.2, 0.25) is 0 Å². The molecule has 1 unspecified atom stereocenters. The maximum absolute atomic E-state index is 9.75. The number of rotatable bonds is 8. The molecular formula is C14H25N3O. The van der Waals surface area contributed by atoms with Gasteiger partial charge in [0.15, 0.2) is 0 Å². The topological polar surface area (TPSA) is 50.1 Å². The van der Waals surface area contributed by atoms with Gasteiger partial charge in [0.05, 0.1) is 17.8 Å². The van der Waals surface area contributed by atoms with Crippen molar-refractivity contribution in [3.63, 3.8) is 0 Å². The molecule has 1 saturated carbocycles. The zero-order chi connectivity index (χ0) is 13.0. The Morgan fingerprint density at radius 2 is 2.17 bits per heavy atom. The first kappa shape index (κ1) is 13.6. The molecule has 0 aliphatic heterocycles. The standard InChI is InChI=1S/C14H25N3O/c1-3-13(4-2)17-8-7-12(16-17)9-15-10-14(18)11-5-6-11/h7-8,11,13-15,18H,3-6,9-10H2,1-2H3. The van der Waals surface area contributed by atoms with Crippen molar-refractivity contribution in [2.24, 2.45) is 5.92 Å². The Morgan fingerprint density at radius 3 is 2.78 bits per heavy atom. The van der Waals surface area contributed by atoms with Crippen LogP contribution in [0.25, 0.3) is 0 Å². The molecule has 1 aromatic rings. The highest BCUT2D eigenvalue weighted by Crippen LogP contribution is 2.32. The Hall–Kier alpha value is -0.870. The first-order valence-corrected chi connectivity index (χ1v) is 7.17. The molecule has 102 valence electrons. The van der Waals surface area contributed by atoms with E-state index in [-0.39, 0.29) is 6.10 Å². The molecule has 1 aromatic heterocycles. The summed E-state index contributed by atoms with van der Waals surface area (Å²) in [6.07, 6.45) is 6.49. The lowest BCUT2D eigenvalue weighted by molar-refractivity contribution is 0.148. The fourth-order valence-electron chi connectivity index (χ4n) is 2.33. The summed E-state index contributed by atoms with van der Waals surface area (Å²) in [5.41, 5.74) is 1.06. The third-order valence-corrected chi connectivity index (χ3v) is 3.81. The van der Waals surface area contributed by atoms with Gasteiger partial charge in [-0.15, -0.1) is 0 Å². The first-order valence-electron chi connectivity index (χ1n) is 7.17. The number of hydrogen-bond acceptors (Lipinski definition) is 3. The van der Waals surface area contributed by atoms with E-state index in [9.17, 15) is 5.11 Å². The molecule has 1 atom stereocenters. The van der Waals surface area contributed by atoms with E-state index in [0.717, 1.165) is 25.1 Å². The molecule has 1 aliphatic carbocycles. The molecule has 4 heteroatoms. The van der Waals surface area contributed by atoms with Crippen LogP contribution in [0.3, 0.4) is 0 Å². The molecule has 1 aliphatic rings. The number of nitrogens with one attached hydrogen (secondary N) is 1. The summed E-state index contributed by atoms with van der Waals surface area (Å²) in [6.45, 7) is 5.82. The first-order chi connectivity index (χ1) is 8.74. The second kappa shape index (κ2) is 6.34. The Bertz CT molecular complexity index is 356.